The van der Waals surface area contributed by atoms with Crippen molar-refractivity contribution in [2.24, 2.45) is 0 Å². The molecule has 4 aliphatic carbocycles. The molecule has 214 valence electrons. The first-order valence-corrected chi connectivity index (χ1v) is 17.1. The molecule has 0 fully saturated rings. The van der Waals surface area contributed by atoms with E-state index < -0.39 is 0 Å². The third-order valence-electron chi connectivity index (χ3n) is 9.21. The highest BCUT2D eigenvalue weighted by Gasteiger charge is 2.36. The van der Waals surface area contributed by atoms with Crippen LogP contribution in [0.2, 0.25) is 0 Å². The van der Waals surface area contributed by atoms with Crippen molar-refractivity contribution in [3.05, 3.63) is 138 Å². The van der Waals surface area contributed by atoms with Gasteiger partial charge in [-0.2, -0.15) is 0 Å². The van der Waals surface area contributed by atoms with Crippen molar-refractivity contribution in [3.8, 4) is 22.3 Å². The van der Waals surface area contributed by atoms with Crippen LogP contribution < -0.4 is 0 Å². The zero-order chi connectivity index (χ0) is 29.7. The molecule has 4 aliphatic rings. The number of rotatable bonds is 7. The van der Waals surface area contributed by atoms with Gasteiger partial charge in [-0.25, -0.2) is 0 Å². The van der Waals surface area contributed by atoms with Crippen LogP contribution in [0.4, 0.5) is 0 Å². The van der Waals surface area contributed by atoms with Gasteiger partial charge in [0, 0.05) is 21.6 Å². The molecule has 0 unspecified atom stereocenters. The van der Waals surface area contributed by atoms with E-state index in [1.807, 2.05) is 22.7 Å². The van der Waals surface area contributed by atoms with Crippen LogP contribution in [-0.4, -0.2) is 0 Å². The van der Waals surface area contributed by atoms with Crippen molar-refractivity contribution in [2.45, 2.75) is 79.1 Å². The van der Waals surface area contributed by atoms with Gasteiger partial charge < -0.3 is 0 Å². The topological polar surface area (TPSA) is 0 Å². The van der Waals surface area contributed by atoms with Crippen molar-refractivity contribution in [2.75, 3.05) is 0 Å². The van der Waals surface area contributed by atoms with E-state index in [9.17, 15) is 0 Å². The molecular weight excluding hydrogens is 545 g/mol. The predicted octanol–water partition coefficient (Wildman–Crippen LogP) is 12.5. The zero-order valence-corrected chi connectivity index (χ0v) is 27.8. The van der Waals surface area contributed by atoms with E-state index in [1.165, 1.54) is 76.5 Å². The lowest BCUT2D eigenvalue weighted by atomic mass is 9.77. The third-order valence-corrected chi connectivity index (χ3v) is 11.1. The summed E-state index contributed by atoms with van der Waals surface area (Å²) >= 11 is 3.80. The summed E-state index contributed by atoms with van der Waals surface area (Å²) in [5.74, 6) is 1.40. The highest BCUT2D eigenvalue weighted by molar-refractivity contribution is 7.10. The summed E-state index contributed by atoms with van der Waals surface area (Å²) < 4.78 is 0. The summed E-state index contributed by atoms with van der Waals surface area (Å²) in [4.78, 5) is 2.87. The smallest absolute Gasteiger partial charge is 0.0307 e. The second-order valence-electron chi connectivity index (χ2n) is 12.8. The largest absolute Gasteiger partial charge is 0.148 e. The van der Waals surface area contributed by atoms with E-state index in [-0.39, 0.29) is 11.8 Å². The molecule has 2 aromatic rings. The van der Waals surface area contributed by atoms with Crippen molar-refractivity contribution in [1.82, 2.24) is 0 Å². The average Bonchev–Trinajstić information content (AvgIpc) is 3.72. The highest BCUT2D eigenvalue weighted by Crippen LogP contribution is 2.54. The van der Waals surface area contributed by atoms with Gasteiger partial charge in [0.15, 0.2) is 0 Å². The summed E-state index contributed by atoms with van der Waals surface area (Å²) in [6.45, 7) is 18.4. The van der Waals surface area contributed by atoms with Crippen molar-refractivity contribution in [3.63, 3.8) is 0 Å². The third kappa shape index (κ3) is 5.03. The molecule has 0 nitrogen and oxygen atoms in total. The normalized spacial score (nSPS) is 13.5. The van der Waals surface area contributed by atoms with Crippen LogP contribution in [0.15, 0.2) is 83.6 Å². The first kappa shape index (κ1) is 28.9. The molecule has 0 radical (unpaired) electrons. The Labute approximate surface area is 260 Å². The van der Waals surface area contributed by atoms with Crippen LogP contribution in [0, 0.1) is 27.7 Å². The second kappa shape index (κ2) is 11.5. The van der Waals surface area contributed by atoms with Gasteiger partial charge in [0.05, 0.1) is 0 Å². The lowest BCUT2D eigenvalue weighted by molar-refractivity contribution is 0.722. The van der Waals surface area contributed by atoms with E-state index >= 15 is 0 Å². The molecule has 0 spiro atoms. The molecule has 2 heteroatoms. The Morgan fingerprint density at radius 1 is 0.476 bits per heavy atom. The average molecular weight is 587 g/mol. The lowest BCUT2D eigenvalue weighted by Crippen LogP contribution is -2.13. The Kier molecular flexibility index (Phi) is 7.89. The fourth-order valence-electron chi connectivity index (χ4n) is 6.90. The zero-order valence-electron chi connectivity index (χ0n) is 26.2. The summed E-state index contributed by atoms with van der Waals surface area (Å²) in [6, 6.07) is 28.5. The van der Waals surface area contributed by atoms with Gasteiger partial charge in [0.25, 0.3) is 0 Å². The van der Waals surface area contributed by atoms with E-state index in [1.54, 1.807) is 0 Å². The maximum Gasteiger partial charge on any atom is 0.0307 e. The van der Waals surface area contributed by atoms with Crippen LogP contribution in [-0.2, 0) is 0 Å². The molecule has 0 aromatic carbocycles. The van der Waals surface area contributed by atoms with E-state index in [0.29, 0.717) is 11.8 Å². The van der Waals surface area contributed by atoms with E-state index in [0.717, 1.165) is 0 Å². The van der Waals surface area contributed by atoms with Crippen molar-refractivity contribution in [1.29, 1.82) is 0 Å². The Balaban J connectivity index is 1.66. The van der Waals surface area contributed by atoms with Crippen molar-refractivity contribution < 1.29 is 0 Å². The first-order valence-electron chi connectivity index (χ1n) is 15.3. The summed E-state index contributed by atoms with van der Waals surface area (Å²) in [5.41, 5.74) is 16.8. The van der Waals surface area contributed by atoms with Gasteiger partial charge in [0.1, 0.15) is 0 Å². The molecule has 0 saturated heterocycles. The van der Waals surface area contributed by atoms with Crippen LogP contribution in [0.5, 0.6) is 0 Å². The first-order chi connectivity index (χ1) is 20.2. The van der Waals surface area contributed by atoms with Gasteiger partial charge in [-0.3, -0.25) is 0 Å². The quantitative estimate of drug-likeness (QED) is 0.174. The van der Waals surface area contributed by atoms with Gasteiger partial charge in [0.2, 0.25) is 0 Å². The summed E-state index contributed by atoms with van der Waals surface area (Å²) in [6.07, 6.45) is 0. The van der Waals surface area contributed by atoms with Gasteiger partial charge in [-0.05, 0) is 129 Å². The van der Waals surface area contributed by atoms with Gasteiger partial charge in [-0.15, -0.1) is 22.7 Å². The Morgan fingerprint density at radius 2 is 0.881 bits per heavy atom. The number of thiophene rings is 2. The predicted molar refractivity (Wildman–Crippen MR) is 186 cm³/mol. The van der Waals surface area contributed by atoms with E-state index in [4.69, 9.17) is 0 Å². The summed E-state index contributed by atoms with van der Waals surface area (Å²) in [5, 5.41) is 4.51. The van der Waals surface area contributed by atoms with Crippen LogP contribution >= 0.6 is 22.7 Å². The number of hydrogen-bond acceptors (Lipinski definition) is 2. The summed E-state index contributed by atoms with van der Waals surface area (Å²) in [7, 11) is 0. The Morgan fingerprint density at radius 3 is 1.21 bits per heavy atom. The van der Waals surface area contributed by atoms with Gasteiger partial charge >= 0.3 is 0 Å². The minimum Gasteiger partial charge on any atom is -0.148 e. The number of aryl methyl sites for hydroxylation is 4. The van der Waals surface area contributed by atoms with Crippen LogP contribution in [0.25, 0.3) is 22.3 Å². The van der Waals surface area contributed by atoms with Crippen molar-refractivity contribution >= 4 is 22.7 Å². The maximum absolute atomic E-state index is 2.51. The fourth-order valence-corrected chi connectivity index (χ4v) is 8.66. The number of fused-ring (bicyclic) bond motifs is 2. The van der Waals surface area contributed by atoms with E-state index in [2.05, 4.69) is 139 Å². The number of hydrogen-bond donors (Lipinski definition) is 0. The molecule has 42 heavy (non-hydrogen) atoms. The SMILES string of the molecule is Cc1cc([C@H](c2cccs2)[C@@H](c2cccs2)c2cc(C)c3cc(C(C)C)ccc(C)c2-3)c2c(C)ccc(C(C)C)cc1-2. The lowest BCUT2D eigenvalue weighted by Gasteiger charge is -2.28. The minimum absolute atomic E-state index is 0.211. The molecule has 0 N–H and O–H groups in total. The van der Waals surface area contributed by atoms with Crippen LogP contribution in [0.3, 0.4) is 0 Å². The Hall–Kier alpha value is -3.20. The fraction of sp³-hybridized carbons (Fsp3) is 0.300. The molecule has 0 saturated carbocycles. The molecule has 6 rings (SSSR count). The Bertz CT molecular complexity index is 1630. The monoisotopic (exact) mass is 586 g/mol. The molecule has 0 amide bonds. The van der Waals surface area contributed by atoms with Crippen LogP contribution in [0.1, 0.15) is 106 Å². The molecular formula is C40H42S2. The van der Waals surface area contributed by atoms with Gasteiger partial charge in [-0.1, -0.05) is 88.4 Å². The maximum atomic E-state index is 2.51. The molecule has 2 heterocycles. The molecule has 2 aromatic heterocycles. The standard InChI is InChI=1S/C40H42S2/c1-23(2)29-15-13-25(5)37-31(21-29)27(7)19-33(37)39(35-11-9-17-41-35)40(36-12-10-18-42-36)34-20-28(8)32-22-30(24(3)4)16-14-26(6)38(32)34/h9-24,39-40H,1-8H3/t39-,40-/m1/s1. The highest BCUT2D eigenvalue weighted by atomic mass is 32.1. The minimum atomic E-state index is 0.211. The second-order valence-corrected chi connectivity index (χ2v) is 14.7. The molecule has 0 aliphatic heterocycles. The molecule has 0 bridgehead atoms. The molecule has 2 atom stereocenters.